The number of carbonyl (C=O) groups is 1. The highest BCUT2D eigenvalue weighted by molar-refractivity contribution is 6.30. The zero-order valence-electron chi connectivity index (χ0n) is 8.70. The number of hydrogen-bond donors (Lipinski definition) is 0. The van der Waals surface area contributed by atoms with Crippen molar-refractivity contribution in [2.45, 2.75) is 13.8 Å². The Balaban J connectivity index is 2.44. The van der Waals surface area contributed by atoms with Crippen molar-refractivity contribution in [3.63, 3.8) is 0 Å². The molecule has 0 aromatic heterocycles. The van der Waals surface area contributed by atoms with Crippen molar-refractivity contribution in [3.8, 4) is 5.75 Å². The lowest BCUT2D eigenvalue weighted by Gasteiger charge is -2.07. The van der Waals surface area contributed by atoms with E-state index in [1.54, 1.807) is 24.3 Å². The van der Waals surface area contributed by atoms with E-state index in [-0.39, 0.29) is 5.92 Å². The molecule has 82 valence electrons. The number of hydrogen-bond acceptors (Lipinski definition) is 3. The normalized spacial score (nSPS) is 10.1. The first kappa shape index (κ1) is 11.9. The fourth-order valence-electron chi connectivity index (χ4n) is 0.891. The van der Waals surface area contributed by atoms with Crippen LogP contribution in [0.5, 0.6) is 5.75 Å². The Morgan fingerprint density at radius 3 is 2.80 bits per heavy atom. The minimum atomic E-state index is -0.703. The first-order chi connectivity index (χ1) is 7.08. The van der Waals surface area contributed by atoms with E-state index in [0.717, 1.165) is 0 Å². The molecule has 0 spiro atoms. The SMILES string of the molecule is CC(C)COC(=O)Oc1cccc(Cl)c1. The lowest BCUT2D eigenvalue weighted by atomic mass is 10.2. The highest BCUT2D eigenvalue weighted by Crippen LogP contribution is 2.17. The van der Waals surface area contributed by atoms with E-state index in [4.69, 9.17) is 21.1 Å². The summed E-state index contributed by atoms with van der Waals surface area (Å²) in [6, 6.07) is 6.60. The number of carbonyl (C=O) groups excluding carboxylic acids is 1. The van der Waals surface area contributed by atoms with Gasteiger partial charge in [-0.1, -0.05) is 31.5 Å². The zero-order chi connectivity index (χ0) is 11.3. The van der Waals surface area contributed by atoms with E-state index in [1.807, 2.05) is 13.8 Å². The second kappa shape index (κ2) is 5.61. The van der Waals surface area contributed by atoms with Crippen LogP contribution in [-0.2, 0) is 4.74 Å². The van der Waals surface area contributed by atoms with Crippen molar-refractivity contribution in [1.82, 2.24) is 0 Å². The van der Waals surface area contributed by atoms with Gasteiger partial charge in [-0.25, -0.2) is 4.79 Å². The minimum Gasteiger partial charge on any atom is -0.434 e. The predicted octanol–water partition coefficient (Wildman–Crippen LogP) is 3.51. The van der Waals surface area contributed by atoms with Crippen LogP contribution in [0, 0.1) is 5.92 Å². The summed E-state index contributed by atoms with van der Waals surface area (Å²) in [6.45, 7) is 4.25. The highest BCUT2D eigenvalue weighted by atomic mass is 35.5. The third-order valence-electron chi connectivity index (χ3n) is 1.53. The van der Waals surface area contributed by atoms with Crippen LogP contribution in [0.2, 0.25) is 5.02 Å². The van der Waals surface area contributed by atoms with Gasteiger partial charge >= 0.3 is 6.16 Å². The molecule has 3 nitrogen and oxygen atoms in total. The van der Waals surface area contributed by atoms with E-state index in [2.05, 4.69) is 0 Å². The van der Waals surface area contributed by atoms with Gasteiger partial charge in [-0.15, -0.1) is 0 Å². The average molecular weight is 229 g/mol. The Kier molecular flexibility index (Phi) is 4.43. The molecule has 0 aliphatic heterocycles. The second-order valence-corrected chi connectivity index (χ2v) is 3.95. The van der Waals surface area contributed by atoms with Gasteiger partial charge in [-0.2, -0.15) is 0 Å². The Morgan fingerprint density at radius 2 is 2.20 bits per heavy atom. The maximum atomic E-state index is 11.1. The lowest BCUT2D eigenvalue weighted by Crippen LogP contribution is -2.14. The molecule has 1 aromatic carbocycles. The molecule has 0 saturated heterocycles. The maximum absolute atomic E-state index is 11.1. The fraction of sp³-hybridized carbons (Fsp3) is 0.364. The standard InChI is InChI=1S/C11H13ClO3/c1-8(2)7-14-11(13)15-10-5-3-4-9(12)6-10/h3-6,8H,7H2,1-2H3. The largest absolute Gasteiger partial charge is 0.513 e. The van der Waals surface area contributed by atoms with Gasteiger partial charge in [0.1, 0.15) is 5.75 Å². The second-order valence-electron chi connectivity index (χ2n) is 3.51. The van der Waals surface area contributed by atoms with Crippen LogP contribution < -0.4 is 4.74 Å². The van der Waals surface area contributed by atoms with Gasteiger partial charge in [0.2, 0.25) is 0 Å². The topological polar surface area (TPSA) is 35.5 Å². The summed E-state index contributed by atoms with van der Waals surface area (Å²) in [6.07, 6.45) is -0.703. The van der Waals surface area contributed by atoms with E-state index < -0.39 is 6.16 Å². The van der Waals surface area contributed by atoms with E-state index in [1.165, 1.54) is 0 Å². The van der Waals surface area contributed by atoms with Crippen LogP contribution in [0.4, 0.5) is 4.79 Å². The Labute approximate surface area is 93.9 Å². The van der Waals surface area contributed by atoms with E-state index in [9.17, 15) is 4.79 Å². The quantitative estimate of drug-likeness (QED) is 0.587. The molecule has 0 saturated carbocycles. The molecular weight excluding hydrogens is 216 g/mol. The molecule has 15 heavy (non-hydrogen) atoms. The van der Waals surface area contributed by atoms with Crippen molar-refractivity contribution in [1.29, 1.82) is 0 Å². The zero-order valence-corrected chi connectivity index (χ0v) is 9.45. The summed E-state index contributed by atoms with van der Waals surface area (Å²) >= 11 is 5.72. The summed E-state index contributed by atoms with van der Waals surface area (Å²) in [4.78, 5) is 11.1. The molecule has 0 radical (unpaired) electrons. The Morgan fingerprint density at radius 1 is 1.47 bits per heavy atom. The third kappa shape index (κ3) is 4.70. The lowest BCUT2D eigenvalue weighted by molar-refractivity contribution is 0.0886. The molecule has 1 aromatic rings. The molecule has 0 atom stereocenters. The summed E-state index contributed by atoms with van der Waals surface area (Å²) in [5.41, 5.74) is 0. The van der Waals surface area contributed by atoms with Crippen LogP contribution in [0.1, 0.15) is 13.8 Å². The van der Waals surface area contributed by atoms with Crippen LogP contribution in [0.3, 0.4) is 0 Å². The molecule has 0 aliphatic rings. The molecule has 0 bridgehead atoms. The van der Waals surface area contributed by atoms with Crippen LogP contribution in [-0.4, -0.2) is 12.8 Å². The summed E-state index contributed by atoms with van der Waals surface area (Å²) in [5, 5.41) is 0.518. The van der Waals surface area contributed by atoms with Crippen LogP contribution >= 0.6 is 11.6 Å². The van der Waals surface area contributed by atoms with Crippen molar-refractivity contribution < 1.29 is 14.3 Å². The first-order valence-electron chi connectivity index (χ1n) is 4.68. The van der Waals surface area contributed by atoms with Crippen LogP contribution in [0.15, 0.2) is 24.3 Å². The summed E-state index contributed by atoms with van der Waals surface area (Å²) in [5.74, 6) is 0.674. The molecule has 0 heterocycles. The van der Waals surface area contributed by atoms with Crippen molar-refractivity contribution in [2.24, 2.45) is 5.92 Å². The summed E-state index contributed by atoms with van der Waals surface area (Å²) < 4.78 is 9.74. The van der Waals surface area contributed by atoms with Gasteiger partial charge in [0, 0.05) is 5.02 Å². The number of halogens is 1. The Hall–Kier alpha value is -1.22. The number of benzene rings is 1. The maximum Gasteiger partial charge on any atom is 0.513 e. The van der Waals surface area contributed by atoms with Crippen molar-refractivity contribution in [3.05, 3.63) is 29.3 Å². The summed E-state index contributed by atoms with van der Waals surface area (Å²) in [7, 11) is 0. The first-order valence-corrected chi connectivity index (χ1v) is 5.06. The smallest absolute Gasteiger partial charge is 0.434 e. The fourth-order valence-corrected chi connectivity index (χ4v) is 1.07. The van der Waals surface area contributed by atoms with Crippen molar-refractivity contribution in [2.75, 3.05) is 6.61 Å². The van der Waals surface area contributed by atoms with Crippen molar-refractivity contribution >= 4 is 17.8 Å². The Bertz CT molecular complexity index is 336. The number of ether oxygens (including phenoxy) is 2. The predicted molar refractivity (Wildman–Crippen MR) is 58.3 cm³/mol. The average Bonchev–Trinajstić information content (AvgIpc) is 2.15. The highest BCUT2D eigenvalue weighted by Gasteiger charge is 2.07. The monoisotopic (exact) mass is 228 g/mol. The minimum absolute atomic E-state index is 0.289. The molecule has 1 rings (SSSR count). The van der Waals surface area contributed by atoms with E-state index in [0.29, 0.717) is 17.4 Å². The van der Waals surface area contributed by atoms with Gasteiger partial charge in [0.25, 0.3) is 0 Å². The van der Waals surface area contributed by atoms with Gasteiger partial charge in [0.15, 0.2) is 0 Å². The molecule has 4 heteroatoms. The molecular formula is C11H13ClO3. The molecule has 0 unspecified atom stereocenters. The van der Waals surface area contributed by atoms with Gasteiger partial charge in [-0.3, -0.25) is 0 Å². The van der Waals surface area contributed by atoms with Gasteiger partial charge in [0.05, 0.1) is 6.61 Å². The number of rotatable bonds is 3. The van der Waals surface area contributed by atoms with E-state index >= 15 is 0 Å². The van der Waals surface area contributed by atoms with Crippen LogP contribution in [0.25, 0.3) is 0 Å². The van der Waals surface area contributed by atoms with Gasteiger partial charge in [-0.05, 0) is 24.1 Å². The van der Waals surface area contributed by atoms with Gasteiger partial charge < -0.3 is 9.47 Å². The third-order valence-corrected chi connectivity index (χ3v) is 1.77. The molecule has 0 amide bonds. The molecule has 0 fully saturated rings. The molecule has 0 N–H and O–H groups in total. The molecule has 0 aliphatic carbocycles.